The van der Waals surface area contributed by atoms with E-state index in [1.165, 1.54) is 19.1 Å². The topological polar surface area (TPSA) is 29.1 Å². The van der Waals surface area contributed by atoms with E-state index in [1.807, 2.05) is 0 Å². The third kappa shape index (κ3) is 2.96. The van der Waals surface area contributed by atoms with Crippen molar-refractivity contribution in [2.45, 2.75) is 25.1 Å². The van der Waals surface area contributed by atoms with Crippen LogP contribution in [0, 0.1) is 0 Å². The van der Waals surface area contributed by atoms with E-state index in [4.69, 9.17) is 0 Å². The summed E-state index contributed by atoms with van der Waals surface area (Å²) in [5.74, 6) is -7.75. The smallest absolute Gasteiger partial charge is 0.344 e. The molecule has 0 aliphatic carbocycles. The lowest BCUT2D eigenvalue weighted by atomic mass is 10.1. The summed E-state index contributed by atoms with van der Waals surface area (Å²) >= 11 is 0. The highest BCUT2D eigenvalue weighted by atomic mass is 19.4. The van der Waals surface area contributed by atoms with E-state index in [0.29, 0.717) is 5.56 Å². The molecule has 0 aliphatic rings. The number of hydrogen-bond acceptors (Lipinski definition) is 1. The maximum absolute atomic E-state index is 12.7. The summed E-state index contributed by atoms with van der Waals surface area (Å²) in [4.78, 5) is 10.9. The highest BCUT2D eigenvalue weighted by Crippen LogP contribution is 2.35. The highest BCUT2D eigenvalue weighted by Gasteiger charge is 2.63. The van der Waals surface area contributed by atoms with Crippen LogP contribution >= 0.6 is 0 Å². The van der Waals surface area contributed by atoms with Gasteiger partial charge in [0, 0.05) is 0 Å². The zero-order valence-corrected chi connectivity index (χ0v) is 9.26. The third-order valence-electron chi connectivity index (χ3n) is 2.29. The van der Waals surface area contributed by atoms with Crippen LogP contribution in [0.1, 0.15) is 18.5 Å². The van der Waals surface area contributed by atoms with Gasteiger partial charge in [-0.25, -0.2) is 0 Å². The molecule has 1 N–H and O–H groups in total. The van der Waals surface area contributed by atoms with Crippen LogP contribution in [0.15, 0.2) is 30.3 Å². The zero-order chi connectivity index (χ0) is 14.0. The summed E-state index contributed by atoms with van der Waals surface area (Å²) < 4.78 is 61.1. The molecule has 18 heavy (non-hydrogen) atoms. The van der Waals surface area contributed by atoms with Gasteiger partial charge in [0.15, 0.2) is 0 Å². The maximum Gasteiger partial charge on any atom is 0.463 e. The number of halogens is 5. The molecular weight excluding hydrogens is 257 g/mol. The molecule has 1 amide bonds. The van der Waals surface area contributed by atoms with Crippen molar-refractivity contribution in [1.82, 2.24) is 5.32 Å². The quantitative estimate of drug-likeness (QED) is 0.838. The Hall–Kier alpha value is -1.66. The van der Waals surface area contributed by atoms with Gasteiger partial charge in [0.1, 0.15) is 0 Å². The molecule has 1 aromatic rings. The number of carbonyl (C=O) groups excluding carboxylic acids is 1. The first-order chi connectivity index (χ1) is 8.16. The minimum atomic E-state index is -5.90. The Balaban J connectivity index is 2.78. The molecule has 2 nitrogen and oxygen atoms in total. The van der Waals surface area contributed by atoms with Crippen LogP contribution in [0.4, 0.5) is 22.0 Å². The number of amides is 1. The molecule has 100 valence electrons. The van der Waals surface area contributed by atoms with Crippen LogP contribution in [-0.2, 0) is 4.79 Å². The van der Waals surface area contributed by atoms with Crippen molar-refractivity contribution in [2.24, 2.45) is 0 Å². The minimum absolute atomic E-state index is 0.434. The van der Waals surface area contributed by atoms with Crippen molar-refractivity contribution in [3.63, 3.8) is 0 Å². The van der Waals surface area contributed by atoms with Crippen molar-refractivity contribution in [1.29, 1.82) is 0 Å². The van der Waals surface area contributed by atoms with E-state index in [1.54, 1.807) is 23.5 Å². The van der Waals surface area contributed by atoms with Crippen molar-refractivity contribution in [3.05, 3.63) is 35.9 Å². The number of nitrogens with one attached hydrogen (secondary N) is 1. The standard InChI is InChI=1S/C11H10F5NO/c1-7(8-5-3-2-4-6-8)17-9(18)10(12,13)11(14,15)16/h2-7H,1H3,(H,17,18). The lowest BCUT2D eigenvalue weighted by Crippen LogP contribution is -2.50. The lowest BCUT2D eigenvalue weighted by Gasteiger charge is -2.21. The fourth-order valence-electron chi connectivity index (χ4n) is 1.24. The van der Waals surface area contributed by atoms with E-state index in [0.717, 1.165) is 0 Å². The number of benzene rings is 1. The van der Waals surface area contributed by atoms with Crippen molar-refractivity contribution in [3.8, 4) is 0 Å². The maximum atomic E-state index is 12.7. The largest absolute Gasteiger partial charge is 0.463 e. The third-order valence-corrected chi connectivity index (χ3v) is 2.29. The Labute approximate surface area is 99.8 Å². The molecule has 0 heterocycles. The fraction of sp³-hybridized carbons (Fsp3) is 0.364. The highest BCUT2D eigenvalue weighted by molar-refractivity contribution is 5.84. The van der Waals surface area contributed by atoms with Crippen LogP contribution in [-0.4, -0.2) is 18.0 Å². The predicted molar refractivity (Wildman–Crippen MR) is 54.0 cm³/mol. The summed E-state index contributed by atoms with van der Waals surface area (Å²) in [5, 5.41) is 1.63. The summed E-state index contributed by atoms with van der Waals surface area (Å²) in [6, 6.07) is 6.90. The number of hydrogen-bond donors (Lipinski definition) is 1. The molecule has 0 spiro atoms. The summed E-state index contributed by atoms with van der Waals surface area (Å²) in [6.45, 7) is 1.32. The molecule has 7 heteroatoms. The molecule has 1 atom stereocenters. The first kappa shape index (κ1) is 14.4. The molecule has 1 aromatic carbocycles. The van der Waals surface area contributed by atoms with Gasteiger partial charge in [-0.15, -0.1) is 0 Å². The van der Waals surface area contributed by atoms with Crippen molar-refractivity contribution in [2.75, 3.05) is 0 Å². The van der Waals surface area contributed by atoms with Crippen LogP contribution < -0.4 is 5.32 Å². The molecule has 0 saturated carbocycles. The van der Waals surface area contributed by atoms with Gasteiger partial charge in [-0.1, -0.05) is 30.3 Å². The Morgan fingerprint density at radius 3 is 2.06 bits per heavy atom. The van der Waals surface area contributed by atoms with E-state index < -0.39 is 24.0 Å². The molecular formula is C11H10F5NO. The van der Waals surface area contributed by atoms with Crippen molar-refractivity contribution >= 4 is 5.91 Å². The lowest BCUT2D eigenvalue weighted by molar-refractivity contribution is -0.270. The second-order valence-electron chi connectivity index (χ2n) is 3.68. The Kier molecular flexibility index (Phi) is 3.93. The zero-order valence-electron chi connectivity index (χ0n) is 9.26. The number of rotatable bonds is 3. The van der Waals surface area contributed by atoms with Gasteiger partial charge >= 0.3 is 18.0 Å². The molecule has 1 unspecified atom stereocenters. The monoisotopic (exact) mass is 267 g/mol. The summed E-state index contributed by atoms with van der Waals surface area (Å²) in [5.41, 5.74) is 0.434. The van der Waals surface area contributed by atoms with E-state index in [-0.39, 0.29) is 0 Å². The Morgan fingerprint density at radius 1 is 1.11 bits per heavy atom. The first-order valence-corrected chi connectivity index (χ1v) is 4.96. The number of carbonyl (C=O) groups is 1. The average molecular weight is 267 g/mol. The van der Waals surface area contributed by atoms with E-state index in [2.05, 4.69) is 0 Å². The van der Waals surface area contributed by atoms with Gasteiger partial charge in [-0.3, -0.25) is 4.79 Å². The minimum Gasteiger partial charge on any atom is -0.344 e. The molecule has 0 aromatic heterocycles. The Morgan fingerprint density at radius 2 is 1.61 bits per heavy atom. The summed E-state index contributed by atoms with van der Waals surface area (Å²) in [7, 11) is 0. The van der Waals surface area contributed by atoms with Crippen LogP contribution in [0.3, 0.4) is 0 Å². The molecule has 0 fully saturated rings. The van der Waals surface area contributed by atoms with Gasteiger partial charge in [-0.2, -0.15) is 22.0 Å². The molecule has 0 saturated heterocycles. The molecule has 1 rings (SSSR count). The first-order valence-electron chi connectivity index (χ1n) is 4.96. The van der Waals surface area contributed by atoms with Gasteiger partial charge < -0.3 is 5.32 Å². The van der Waals surface area contributed by atoms with Gasteiger partial charge in [-0.05, 0) is 12.5 Å². The van der Waals surface area contributed by atoms with Crippen LogP contribution in [0.5, 0.6) is 0 Å². The number of alkyl halides is 5. The average Bonchev–Trinajstić information content (AvgIpc) is 2.28. The normalized spacial score (nSPS) is 14.1. The SMILES string of the molecule is CC(NC(=O)C(F)(F)C(F)(F)F)c1ccccc1. The Bertz CT molecular complexity index is 415. The van der Waals surface area contributed by atoms with Gasteiger partial charge in [0.2, 0.25) is 0 Å². The second-order valence-corrected chi connectivity index (χ2v) is 3.68. The van der Waals surface area contributed by atoms with Crippen LogP contribution in [0.2, 0.25) is 0 Å². The van der Waals surface area contributed by atoms with E-state index in [9.17, 15) is 26.7 Å². The van der Waals surface area contributed by atoms with Gasteiger partial charge in [0.25, 0.3) is 0 Å². The molecule has 0 radical (unpaired) electrons. The fourth-order valence-corrected chi connectivity index (χ4v) is 1.24. The van der Waals surface area contributed by atoms with E-state index >= 15 is 0 Å². The summed E-state index contributed by atoms with van der Waals surface area (Å²) in [6.07, 6.45) is -5.90. The van der Waals surface area contributed by atoms with Crippen molar-refractivity contribution < 1.29 is 26.7 Å². The second kappa shape index (κ2) is 4.91. The predicted octanol–water partition coefficient (Wildman–Crippen LogP) is 3.06. The van der Waals surface area contributed by atoms with Crippen LogP contribution in [0.25, 0.3) is 0 Å². The molecule has 0 bridgehead atoms. The molecule has 0 aliphatic heterocycles. The van der Waals surface area contributed by atoms with Gasteiger partial charge in [0.05, 0.1) is 6.04 Å².